The van der Waals surface area contributed by atoms with Crippen LogP contribution in [0.25, 0.3) is 0 Å². The molecule has 1 aromatic rings. The number of benzene rings is 1. The van der Waals surface area contributed by atoms with E-state index in [-0.39, 0.29) is 6.23 Å². The van der Waals surface area contributed by atoms with E-state index in [1.807, 2.05) is 24.6 Å². The summed E-state index contributed by atoms with van der Waals surface area (Å²) in [7, 11) is 1.58. The van der Waals surface area contributed by atoms with E-state index in [1.165, 1.54) is 0 Å². The van der Waals surface area contributed by atoms with Crippen molar-refractivity contribution in [2.45, 2.75) is 32.1 Å². The molecule has 2 rings (SSSR count). The zero-order valence-electron chi connectivity index (χ0n) is 10.9. The molecule has 1 aromatic carbocycles. The zero-order valence-corrected chi connectivity index (χ0v) is 11.7. The second-order valence-electron chi connectivity index (χ2n) is 4.52. The van der Waals surface area contributed by atoms with Gasteiger partial charge < -0.3 is 14.4 Å². The first-order valence-electron chi connectivity index (χ1n) is 6.33. The van der Waals surface area contributed by atoms with Gasteiger partial charge in [0.25, 0.3) is 0 Å². The first-order valence-corrected chi connectivity index (χ1v) is 6.71. The highest BCUT2D eigenvalue weighted by molar-refractivity contribution is 6.32. The van der Waals surface area contributed by atoms with Crippen molar-refractivity contribution in [2.75, 3.05) is 13.7 Å². The molecule has 0 N–H and O–H groups in total. The summed E-state index contributed by atoms with van der Waals surface area (Å²) in [6, 6.07) is 5.53. The van der Waals surface area contributed by atoms with E-state index in [2.05, 4.69) is 0 Å². The van der Waals surface area contributed by atoms with Gasteiger partial charge in [-0.3, -0.25) is 4.79 Å². The van der Waals surface area contributed by atoms with Crippen LogP contribution in [-0.4, -0.2) is 31.2 Å². The van der Waals surface area contributed by atoms with Gasteiger partial charge in [0, 0.05) is 6.54 Å². The third kappa shape index (κ3) is 3.61. The molecule has 1 radical (unpaired) electrons. The Morgan fingerprint density at radius 2 is 2.32 bits per heavy atom. The van der Waals surface area contributed by atoms with Crippen LogP contribution in [0.15, 0.2) is 18.2 Å². The topological polar surface area (TPSA) is 38.8 Å². The summed E-state index contributed by atoms with van der Waals surface area (Å²) in [5, 5.41) is 0.561. The quantitative estimate of drug-likeness (QED) is 0.833. The van der Waals surface area contributed by atoms with Gasteiger partial charge in [-0.05, 0) is 37.0 Å². The van der Waals surface area contributed by atoms with Gasteiger partial charge in [0.1, 0.15) is 12.0 Å². The van der Waals surface area contributed by atoms with Gasteiger partial charge in [-0.2, -0.15) is 0 Å². The molecule has 1 unspecified atom stereocenters. The number of likely N-dealkylation sites (tertiary alicyclic amines) is 1. The van der Waals surface area contributed by atoms with Crippen LogP contribution in [0.4, 0.5) is 0 Å². The predicted molar refractivity (Wildman–Crippen MR) is 72.8 cm³/mol. The first kappa shape index (κ1) is 14.2. The minimum Gasteiger partial charge on any atom is -0.495 e. The van der Waals surface area contributed by atoms with E-state index in [9.17, 15) is 4.79 Å². The van der Waals surface area contributed by atoms with Crippen molar-refractivity contribution in [1.29, 1.82) is 0 Å². The highest BCUT2D eigenvalue weighted by atomic mass is 35.5. The number of hydrogen-bond donors (Lipinski definition) is 0. The van der Waals surface area contributed by atoms with Crippen LogP contribution < -0.4 is 4.74 Å². The van der Waals surface area contributed by atoms with Crippen LogP contribution in [-0.2, 0) is 16.1 Å². The molecule has 0 saturated carbocycles. The average Bonchev–Trinajstić information content (AvgIpc) is 2.45. The number of methoxy groups -OCH3 is 1. The van der Waals surface area contributed by atoms with Crippen LogP contribution in [0, 0.1) is 0 Å². The van der Waals surface area contributed by atoms with Crippen molar-refractivity contribution < 1.29 is 14.3 Å². The second kappa shape index (κ2) is 6.78. The van der Waals surface area contributed by atoms with Crippen molar-refractivity contribution in [3.63, 3.8) is 0 Å². The lowest BCUT2D eigenvalue weighted by molar-refractivity contribution is -0.0562. The number of halogens is 1. The number of ether oxygens (including phenoxy) is 2. The number of amides is 1. The molecule has 1 fully saturated rings. The van der Waals surface area contributed by atoms with Gasteiger partial charge in [0.2, 0.25) is 0 Å². The Balaban J connectivity index is 1.94. The third-order valence-electron chi connectivity index (χ3n) is 3.22. The van der Waals surface area contributed by atoms with Gasteiger partial charge in [-0.25, -0.2) is 0 Å². The van der Waals surface area contributed by atoms with Crippen LogP contribution in [0.5, 0.6) is 5.75 Å². The van der Waals surface area contributed by atoms with Gasteiger partial charge in [0.15, 0.2) is 0 Å². The van der Waals surface area contributed by atoms with Crippen LogP contribution in [0.2, 0.25) is 5.02 Å². The lowest BCUT2D eigenvalue weighted by Crippen LogP contribution is -2.40. The maximum atomic E-state index is 10.8. The molecular weight excluding hydrogens is 266 g/mol. The highest BCUT2D eigenvalue weighted by Gasteiger charge is 2.22. The highest BCUT2D eigenvalue weighted by Crippen LogP contribution is 2.26. The van der Waals surface area contributed by atoms with Gasteiger partial charge >= 0.3 is 6.41 Å². The van der Waals surface area contributed by atoms with Crippen LogP contribution in [0.3, 0.4) is 0 Å². The Labute approximate surface area is 118 Å². The van der Waals surface area contributed by atoms with E-state index in [0.717, 1.165) is 31.4 Å². The number of carbonyl (C=O) groups excluding carboxylic acids is 1. The molecule has 1 aliphatic heterocycles. The molecule has 4 nitrogen and oxygen atoms in total. The van der Waals surface area contributed by atoms with Crippen LogP contribution in [0.1, 0.15) is 24.8 Å². The van der Waals surface area contributed by atoms with E-state index in [4.69, 9.17) is 21.1 Å². The summed E-state index contributed by atoms with van der Waals surface area (Å²) in [5.41, 5.74) is 0.960. The van der Waals surface area contributed by atoms with Crippen molar-refractivity contribution in [1.82, 2.24) is 4.90 Å². The van der Waals surface area contributed by atoms with Gasteiger partial charge in [0.05, 0.1) is 18.7 Å². The molecule has 19 heavy (non-hydrogen) atoms. The fourth-order valence-corrected chi connectivity index (χ4v) is 2.45. The number of piperidine rings is 1. The molecule has 0 spiro atoms. The SMILES string of the molecule is COc1ccc(COC2CCCCN2[C]=O)cc1Cl. The largest absolute Gasteiger partial charge is 0.495 e. The number of rotatable bonds is 5. The lowest BCUT2D eigenvalue weighted by atomic mass is 10.1. The number of hydrogen-bond acceptors (Lipinski definition) is 3. The molecule has 1 aliphatic rings. The summed E-state index contributed by atoms with van der Waals surface area (Å²) in [5.74, 6) is 0.644. The fraction of sp³-hybridized carbons (Fsp3) is 0.500. The maximum Gasteiger partial charge on any atom is 0.314 e. The van der Waals surface area contributed by atoms with Crippen molar-refractivity contribution in [2.24, 2.45) is 0 Å². The Hall–Kier alpha value is -1.26. The summed E-state index contributed by atoms with van der Waals surface area (Å²) >= 11 is 6.05. The van der Waals surface area contributed by atoms with Crippen LogP contribution >= 0.6 is 11.6 Å². The average molecular weight is 283 g/mol. The Kier molecular flexibility index (Phi) is 5.05. The smallest absolute Gasteiger partial charge is 0.314 e. The summed E-state index contributed by atoms with van der Waals surface area (Å²) in [4.78, 5) is 12.4. The first-order chi connectivity index (χ1) is 9.24. The van der Waals surface area contributed by atoms with Crippen molar-refractivity contribution in [3.8, 4) is 5.75 Å². The van der Waals surface area contributed by atoms with E-state index >= 15 is 0 Å². The molecule has 103 valence electrons. The normalized spacial score (nSPS) is 19.3. The lowest BCUT2D eigenvalue weighted by Gasteiger charge is -2.31. The predicted octanol–water partition coefficient (Wildman–Crippen LogP) is 2.74. The molecule has 5 heteroatoms. The summed E-state index contributed by atoms with van der Waals surface area (Å²) < 4.78 is 10.9. The number of nitrogens with zero attached hydrogens (tertiary/aromatic N) is 1. The molecule has 1 heterocycles. The van der Waals surface area contributed by atoms with E-state index < -0.39 is 0 Å². The molecule has 0 aliphatic carbocycles. The molecular formula is C14H17ClNO3. The maximum absolute atomic E-state index is 10.8. The van der Waals surface area contributed by atoms with E-state index in [0.29, 0.717) is 17.4 Å². The monoisotopic (exact) mass is 282 g/mol. The van der Waals surface area contributed by atoms with Crippen molar-refractivity contribution in [3.05, 3.63) is 28.8 Å². The Morgan fingerprint density at radius 1 is 1.47 bits per heavy atom. The third-order valence-corrected chi connectivity index (χ3v) is 3.52. The minimum atomic E-state index is -0.174. The Bertz CT molecular complexity index is 439. The molecule has 1 atom stereocenters. The molecule has 1 saturated heterocycles. The summed E-state index contributed by atoms with van der Waals surface area (Å²) in [6.45, 7) is 1.14. The molecule has 0 bridgehead atoms. The van der Waals surface area contributed by atoms with Crippen molar-refractivity contribution >= 4 is 18.0 Å². The summed E-state index contributed by atoms with van der Waals surface area (Å²) in [6.07, 6.45) is 4.71. The van der Waals surface area contributed by atoms with Gasteiger partial charge in [-0.15, -0.1) is 0 Å². The molecule has 0 aromatic heterocycles. The fourth-order valence-electron chi connectivity index (χ4n) is 2.17. The Morgan fingerprint density at radius 3 is 3.00 bits per heavy atom. The standard InChI is InChI=1S/C14H17ClNO3/c1-18-13-6-5-11(8-12(13)15)9-19-14-4-2-3-7-16(14)10-17/h5-6,8,14H,2-4,7,9H2,1H3. The molecule has 1 amide bonds. The van der Waals surface area contributed by atoms with Gasteiger partial charge in [-0.1, -0.05) is 17.7 Å². The minimum absolute atomic E-state index is 0.174. The zero-order chi connectivity index (χ0) is 13.7. The second-order valence-corrected chi connectivity index (χ2v) is 4.92. The van der Waals surface area contributed by atoms with E-state index in [1.54, 1.807) is 12.0 Å².